The highest BCUT2D eigenvalue weighted by atomic mass is 35.5. The van der Waals surface area contributed by atoms with Gasteiger partial charge in [-0.2, -0.15) is 0 Å². The third-order valence-electron chi connectivity index (χ3n) is 6.52. The van der Waals surface area contributed by atoms with Crippen LogP contribution in [-0.4, -0.2) is 42.6 Å². The molecule has 2 aromatic carbocycles. The first-order chi connectivity index (χ1) is 17.1. The summed E-state index contributed by atoms with van der Waals surface area (Å²) in [6, 6.07) is 18.6. The van der Waals surface area contributed by atoms with Gasteiger partial charge in [0.05, 0.1) is 0 Å². The van der Waals surface area contributed by atoms with Crippen molar-refractivity contribution in [3.8, 4) is 11.1 Å². The van der Waals surface area contributed by atoms with Crippen LogP contribution in [0, 0.1) is 0 Å². The topological polar surface area (TPSA) is 45.7 Å². The molecule has 184 valence electrons. The standard InChI is InChI=1S/C29H34ClN3O2/c1-35-22-29(34)33-18-6-4-2-3-5-17-32(20-23-7-10-27(30)11-8-23)21-26-19-25(9-12-28(26)33)24-13-15-31-16-14-24/h7-16,19H,2-6,17-18,20-22H2,1H3. The van der Waals surface area contributed by atoms with Crippen LogP contribution < -0.4 is 4.90 Å². The van der Waals surface area contributed by atoms with Gasteiger partial charge in [-0.25, -0.2) is 0 Å². The second-order valence-electron chi connectivity index (χ2n) is 9.16. The predicted molar refractivity (Wildman–Crippen MR) is 143 cm³/mol. The lowest BCUT2D eigenvalue weighted by atomic mass is 10.0. The van der Waals surface area contributed by atoms with E-state index in [1.54, 1.807) is 7.11 Å². The molecular weight excluding hydrogens is 458 g/mol. The molecule has 1 aromatic heterocycles. The average molecular weight is 492 g/mol. The van der Waals surface area contributed by atoms with Crippen LogP contribution in [0.2, 0.25) is 5.02 Å². The molecule has 3 aromatic rings. The number of hydrogen-bond donors (Lipinski definition) is 0. The van der Waals surface area contributed by atoms with Crippen molar-refractivity contribution in [2.24, 2.45) is 0 Å². The molecule has 6 heteroatoms. The number of carbonyl (C=O) groups is 1. The number of ether oxygens (including phenoxy) is 1. The van der Waals surface area contributed by atoms with Crippen LogP contribution >= 0.6 is 11.6 Å². The monoisotopic (exact) mass is 491 g/mol. The smallest absolute Gasteiger partial charge is 0.252 e. The number of carbonyl (C=O) groups excluding carboxylic acids is 1. The van der Waals surface area contributed by atoms with Gasteiger partial charge in [0.25, 0.3) is 5.91 Å². The maximum absolute atomic E-state index is 13.1. The Kier molecular flexibility index (Phi) is 9.29. The second-order valence-corrected chi connectivity index (χ2v) is 9.60. The summed E-state index contributed by atoms with van der Waals surface area (Å²) in [6.45, 7) is 3.39. The number of halogens is 1. The van der Waals surface area contributed by atoms with Gasteiger partial charge in [-0.05, 0) is 78.0 Å². The van der Waals surface area contributed by atoms with Crippen LogP contribution in [0.15, 0.2) is 67.0 Å². The Morgan fingerprint density at radius 2 is 1.63 bits per heavy atom. The maximum Gasteiger partial charge on any atom is 0.252 e. The molecule has 1 aliphatic heterocycles. The van der Waals surface area contributed by atoms with E-state index >= 15 is 0 Å². The molecule has 0 radical (unpaired) electrons. The Hall–Kier alpha value is -2.73. The SMILES string of the molecule is COCC(=O)N1CCCCCCCN(Cc2ccc(Cl)cc2)Cc2cc(-c3ccncc3)ccc21. The molecular formula is C29H34ClN3O2. The highest BCUT2D eigenvalue weighted by Gasteiger charge is 2.21. The molecule has 5 nitrogen and oxygen atoms in total. The second kappa shape index (κ2) is 12.8. The van der Waals surface area contributed by atoms with E-state index in [0.717, 1.165) is 59.9 Å². The van der Waals surface area contributed by atoms with Crippen LogP contribution in [0.5, 0.6) is 0 Å². The van der Waals surface area contributed by atoms with Crippen molar-refractivity contribution in [1.82, 2.24) is 9.88 Å². The molecule has 0 spiro atoms. The van der Waals surface area contributed by atoms with Crippen molar-refractivity contribution < 1.29 is 9.53 Å². The number of aromatic nitrogens is 1. The lowest BCUT2D eigenvalue weighted by molar-refractivity contribution is -0.122. The van der Waals surface area contributed by atoms with Crippen molar-refractivity contribution in [3.63, 3.8) is 0 Å². The number of rotatable bonds is 5. The quantitative estimate of drug-likeness (QED) is 0.417. The van der Waals surface area contributed by atoms with Gasteiger partial charge in [0, 0.05) is 49.8 Å². The van der Waals surface area contributed by atoms with E-state index < -0.39 is 0 Å². The van der Waals surface area contributed by atoms with Gasteiger partial charge in [-0.15, -0.1) is 0 Å². The first-order valence-electron chi connectivity index (χ1n) is 12.4. The molecule has 1 amide bonds. The fourth-order valence-corrected chi connectivity index (χ4v) is 4.84. The normalized spacial score (nSPS) is 15.7. The number of anilines is 1. The molecule has 0 saturated heterocycles. The van der Waals surface area contributed by atoms with Gasteiger partial charge < -0.3 is 9.64 Å². The van der Waals surface area contributed by atoms with Crippen LogP contribution in [0.4, 0.5) is 5.69 Å². The van der Waals surface area contributed by atoms with Gasteiger partial charge in [-0.3, -0.25) is 14.7 Å². The third-order valence-corrected chi connectivity index (χ3v) is 6.77. The van der Waals surface area contributed by atoms with Crippen LogP contribution in [0.1, 0.15) is 43.2 Å². The molecule has 0 fully saturated rings. The van der Waals surface area contributed by atoms with E-state index in [1.807, 2.05) is 41.6 Å². The molecule has 35 heavy (non-hydrogen) atoms. The van der Waals surface area contributed by atoms with E-state index in [0.29, 0.717) is 6.54 Å². The summed E-state index contributed by atoms with van der Waals surface area (Å²) in [7, 11) is 1.58. The van der Waals surface area contributed by atoms with Crippen LogP contribution in [0.3, 0.4) is 0 Å². The number of benzene rings is 2. The minimum atomic E-state index is 0.00622. The zero-order valence-corrected chi connectivity index (χ0v) is 21.2. The lowest BCUT2D eigenvalue weighted by Crippen LogP contribution is -2.36. The maximum atomic E-state index is 13.1. The molecule has 0 bridgehead atoms. The van der Waals surface area contributed by atoms with Crippen molar-refractivity contribution in [3.05, 3.63) is 83.1 Å². The number of pyridine rings is 1. The zero-order chi connectivity index (χ0) is 24.5. The Morgan fingerprint density at radius 1 is 0.914 bits per heavy atom. The van der Waals surface area contributed by atoms with Crippen molar-refractivity contribution in [2.75, 3.05) is 31.7 Å². The third kappa shape index (κ3) is 7.14. The first-order valence-corrected chi connectivity index (χ1v) is 12.8. The summed E-state index contributed by atoms with van der Waals surface area (Å²) >= 11 is 6.12. The van der Waals surface area contributed by atoms with Crippen LogP contribution in [-0.2, 0) is 22.6 Å². The number of methoxy groups -OCH3 is 1. The fourth-order valence-electron chi connectivity index (χ4n) is 4.72. The van der Waals surface area contributed by atoms with E-state index in [-0.39, 0.29) is 12.5 Å². The predicted octanol–water partition coefficient (Wildman–Crippen LogP) is 6.35. The van der Waals surface area contributed by atoms with E-state index in [1.165, 1.54) is 24.8 Å². The van der Waals surface area contributed by atoms with Gasteiger partial charge in [-0.1, -0.05) is 49.1 Å². The van der Waals surface area contributed by atoms with Crippen molar-refractivity contribution >= 4 is 23.2 Å². The Morgan fingerprint density at radius 3 is 2.37 bits per heavy atom. The molecule has 2 heterocycles. The van der Waals surface area contributed by atoms with E-state index in [4.69, 9.17) is 16.3 Å². The fraction of sp³-hybridized carbons (Fsp3) is 0.379. The molecule has 0 N–H and O–H groups in total. The van der Waals surface area contributed by atoms with Gasteiger partial charge in [0.2, 0.25) is 0 Å². The van der Waals surface area contributed by atoms with Gasteiger partial charge in [0.1, 0.15) is 6.61 Å². The Bertz CT molecular complexity index is 1090. The molecule has 0 aliphatic carbocycles. The van der Waals surface area contributed by atoms with Crippen LogP contribution in [0.25, 0.3) is 11.1 Å². The summed E-state index contributed by atoms with van der Waals surface area (Å²) in [6.07, 6.45) is 9.31. The van der Waals surface area contributed by atoms with E-state index in [2.05, 4.69) is 40.2 Å². The Balaban J connectivity index is 1.72. The summed E-state index contributed by atoms with van der Waals surface area (Å²) in [4.78, 5) is 21.7. The minimum Gasteiger partial charge on any atom is -0.375 e. The molecule has 0 unspecified atom stereocenters. The zero-order valence-electron chi connectivity index (χ0n) is 20.5. The summed E-state index contributed by atoms with van der Waals surface area (Å²) in [5.74, 6) is 0.00622. The number of hydrogen-bond acceptors (Lipinski definition) is 4. The van der Waals surface area contributed by atoms with Crippen molar-refractivity contribution in [2.45, 2.75) is 45.2 Å². The van der Waals surface area contributed by atoms with E-state index in [9.17, 15) is 4.79 Å². The highest BCUT2D eigenvalue weighted by Crippen LogP contribution is 2.30. The van der Waals surface area contributed by atoms with Crippen molar-refractivity contribution in [1.29, 1.82) is 0 Å². The highest BCUT2D eigenvalue weighted by molar-refractivity contribution is 6.30. The number of nitrogens with zero attached hydrogens (tertiary/aromatic N) is 3. The Labute approximate surface area is 213 Å². The first kappa shape index (κ1) is 25.4. The number of amides is 1. The minimum absolute atomic E-state index is 0.00622. The number of fused-ring (bicyclic) bond motifs is 1. The summed E-state index contributed by atoms with van der Waals surface area (Å²) < 4.78 is 5.23. The lowest BCUT2D eigenvalue weighted by Gasteiger charge is -2.30. The average Bonchev–Trinajstić information content (AvgIpc) is 2.87. The summed E-state index contributed by atoms with van der Waals surface area (Å²) in [5.41, 5.74) is 5.61. The van der Waals surface area contributed by atoms with Gasteiger partial charge in [0.15, 0.2) is 0 Å². The molecule has 0 atom stereocenters. The molecule has 1 aliphatic rings. The molecule has 0 saturated carbocycles. The largest absolute Gasteiger partial charge is 0.375 e. The van der Waals surface area contributed by atoms with Gasteiger partial charge >= 0.3 is 0 Å². The molecule has 4 rings (SSSR count). The summed E-state index contributed by atoms with van der Waals surface area (Å²) in [5, 5.41) is 0.752.